The number of halogens is 1. The van der Waals surface area contributed by atoms with Gasteiger partial charge in [0.05, 0.1) is 18.4 Å². The Hall–Kier alpha value is -2.80. The lowest BCUT2D eigenvalue weighted by molar-refractivity contribution is -0.0211. The second-order valence-electron chi connectivity index (χ2n) is 6.41. The lowest BCUT2D eigenvalue weighted by Crippen LogP contribution is -2.46. The fourth-order valence-corrected chi connectivity index (χ4v) is 3.36. The van der Waals surface area contributed by atoms with Gasteiger partial charge in [0.2, 0.25) is 5.78 Å². The van der Waals surface area contributed by atoms with Crippen LogP contribution in [0, 0.1) is 12.7 Å². The Bertz CT molecular complexity index is 956. The molecule has 1 amide bonds. The molecule has 1 aromatic carbocycles. The highest BCUT2D eigenvalue weighted by Gasteiger charge is 2.28. The maximum atomic E-state index is 13.4. The highest BCUT2D eigenvalue weighted by atomic mass is 19.1. The fourth-order valence-electron chi connectivity index (χ4n) is 3.36. The summed E-state index contributed by atoms with van der Waals surface area (Å²) in [5.41, 5.74) is 2.04. The topological polar surface area (TPSA) is 59.7 Å². The molecule has 134 valence electrons. The first-order chi connectivity index (χ1) is 12.6. The zero-order valence-electron chi connectivity index (χ0n) is 14.4. The van der Waals surface area contributed by atoms with E-state index in [0.29, 0.717) is 43.3 Å². The van der Waals surface area contributed by atoms with Crippen LogP contribution in [0.3, 0.4) is 0 Å². The molecule has 1 aliphatic rings. The fraction of sp³-hybridized carbons (Fsp3) is 0.316. The van der Waals surface area contributed by atoms with E-state index in [1.165, 1.54) is 12.1 Å². The van der Waals surface area contributed by atoms with Gasteiger partial charge in [0, 0.05) is 31.9 Å². The summed E-state index contributed by atoms with van der Waals surface area (Å²) in [6.45, 7) is 3.25. The van der Waals surface area contributed by atoms with Crippen molar-refractivity contribution in [1.29, 1.82) is 0 Å². The molecule has 0 N–H and O–H groups in total. The molecule has 26 heavy (non-hydrogen) atoms. The molecule has 4 rings (SSSR count). The maximum absolute atomic E-state index is 13.4. The second kappa shape index (κ2) is 6.84. The number of aromatic nitrogens is 3. The number of ether oxygens (including phenoxy) is 1. The smallest absolute Gasteiger partial charge is 0.272 e. The van der Waals surface area contributed by atoms with Crippen molar-refractivity contribution >= 4 is 11.7 Å². The molecule has 0 bridgehead atoms. The molecule has 1 unspecified atom stereocenters. The minimum Gasteiger partial charge on any atom is -0.374 e. The number of carbonyl (C=O) groups excluding carboxylic acids is 1. The Kier molecular flexibility index (Phi) is 4.38. The molecule has 7 heteroatoms. The number of fused-ring (bicyclic) bond motifs is 1. The normalized spacial score (nSPS) is 17.6. The minimum absolute atomic E-state index is 0.0875. The van der Waals surface area contributed by atoms with Crippen LogP contribution in [0.15, 0.2) is 42.7 Å². The SMILES string of the molecule is Cc1nc2ncccn2c1C(=O)N1CCOC(Cc2cccc(F)c2)C1. The summed E-state index contributed by atoms with van der Waals surface area (Å²) in [7, 11) is 0. The van der Waals surface area contributed by atoms with Crippen molar-refractivity contribution in [2.75, 3.05) is 19.7 Å². The Morgan fingerprint density at radius 3 is 3.12 bits per heavy atom. The van der Waals surface area contributed by atoms with Gasteiger partial charge in [-0.15, -0.1) is 0 Å². The van der Waals surface area contributed by atoms with Crippen LogP contribution in [0.1, 0.15) is 21.7 Å². The van der Waals surface area contributed by atoms with Crippen LogP contribution >= 0.6 is 0 Å². The Labute approximate surface area is 150 Å². The summed E-state index contributed by atoms with van der Waals surface area (Å²) in [5, 5.41) is 0. The molecule has 3 heterocycles. The molecular formula is C19H19FN4O2. The minimum atomic E-state index is -0.264. The van der Waals surface area contributed by atoms with Crippen molar-refractivity contribution < 1.29 is 13.9 Å². The van der Waals surface area contributed by atoms with Gasteiger partial charge in [0.15, 0.2) is 0 Å². The molecule has 2 aromatic heterocycles. The summed E-state index contributed by atoms with van der Waals surface area (Å²) < 4.78 is 20.9. The lowest BCUT2D eigenvalue weighted by Gasteiger charge is -2.33. The van der Waals surface area contributed by atoms with E-state index < -0.39 is 0 Å². The van der Waals surface area contributed by atoms with Crippen molar-refractivity contribution in [3.05, 3.63) is 65.5 Å². The molecule has 0 saturated carbocycles. The number of imidazole rings is 1. The van der Waals surface area contributed by atoms with Crippen LogP contribution in [-0.2, 0) is 11.2 Å². The van der Waals surface area contributed by atoms with Crippen molar-refractivity contribution in [1.82, 2.24) is 19.3 Å². The van der Waals surface area contributed by atoms with Crippen LogP contribution in [0.4, 0.5) is 4.39 Å². The van der Waals surface area contributed by atoms with Crippen LogP contribution in [0.25, 0.3) is 5.78 Å². The number of morpholine rings is 1. The van der Waals surface area contributed by atoms with Gasteiger partial charge >= 0.3 is 0 Å². The van der Waals surface area contributed by atoms with Crippen molar-refractivity contribution in [2.45, 2.75) is 19.4 Å². The summed E-state index contributed by atoms with van der Waals surface area (Å²) in [5.74, 6) is 0.161. The number of carbonyl (C=O) groups is 1. The molecule has 1 aliphatic heterocycles. The van der Waals surface area contributed by atoms with E-state index in [1.807, 2.05) is 13.0 Å². The van der Waals surface area contributed by atoms with Gasteiger partial charge in [0.25, 0.3) is 5.91 Å². The average molecular weight is 354 g/mol. The van der Waals surface area contributed by atoms with Crippen molar-refractivity contribution in [3.63, 3.8) is 0 Å². The third kappa shape index (κ3) is 3.17. The van der Waals surface area contributed by atoms with Crippen LogP contribution in [0.2, 0.25) is 0 Å². The first-order valence-electron chi connectivity index (χ1n) is 8.57. The van der Waals surface area contributed by atoms with Gasteiger partial charge in [-0.3, -0.25) is 9.20 Å². The van der Waals surface area contributed by atoms with E-state index in [-0.39, 0.29) is 17.8 Å². The highest BCUT2D eigenvalue weighted by molar-refractivity contribution is 5.94. The molecule has 1 atom stereocenters. The lowest BCUT2D eigenvalue weighted by atomic mass is 10.1. The van der Waals surface area contributed by atoms with Crippen molar-refractivity contribution in [3.8, 4) is 0 Å². The molecule has 6 nitrogen and oxygen atoms in total. The molecule has 0 spiro atoms. The summed E-state index contributed by atoms with van der Waals surface area (Å²) >= 11 is 0. The predicted molar refractivity (Wildman–Crippen MR) is 93.5 cm³/mol. The van der Waals surface area contributed by atoms with Crippen LogP contribution < -0.4 is 0 Å². The Balaban J connectivity index is 1.53. The molecule has 3 aromatic rings. The van der Waals surface area contributed by atoms with Crippen molar-refractivity contribution in [2.24, 2.45) is 0 Å². The third-order valence-electron chi connectivity index (χ3n) is 4.56. The monoisotopic (exact) mass is 354 g/mol. The maximum Gasteiger partial charge on any atom is 0.272 e. The summed E-state index contributed by atoms with van der Waals surface area (Å²) in [6.07, 6.45) is 3.85. The number of benzene rings is 1. The van der Waals surface area contributed by atoms with Gasteiger partial charge in [-0.2, -0.15) is 0 Å². The quantitative estimate of drug-likeness (QED) is 0.724. The Morgan fingerprint density at radius 2 is 2.27 bits per heavy atom. The predicted octanol–water partition coefficient (Wildman–Crippen LogP) is 2.26. The third-order valence-corrected chi connectivity index (χ3v) is 4.56. The largest absolute Gasteiger partial charge is 0.374 e. The van der Waals surface area contributed by atoms with E-state index in [2.05, 4.69) is 9.97 Å². The number of nitrogens with zero attached hydrogens (tertiary/aromatic N) is 4. The first kappa shape index (κ1) is 16.7. The van der Waals surface area contributed by atoms with Crippen LogP contribution in [0.5, 0.6) is 0 Å². The second-order valence-corrected chi connectivity index (χ2v) is 6.41. The number of aryl methyl sites for hydroxylation is 1. The number of amides is 1. The first-order valence-corrected chi connectivity index (χ1v) is 8.57. The highest BCUT2D eigenvalue weighted by Crippen LogP contribution is 2.17. The van der Waals surface area contributed by atoms with E-state index in [9.17, 15) is 9.18 Å². The molecular weight excluding hydrogens is 335 g/mol. The van der Waals surface area contributed by atoms with Gasteiger partial charge in [-0.05, 0) is 30.7 Å². The zero-order valence-corrected chi connectivity index (χ0v) is 14.4. The molecule has 1 saturated heterocycles. The van der Waals surface area contributed by atoms with E-state index in [4.69, 9.17) is 4.74 Å². The standard InChI is InChI=1S/C19H19FN4O2/c1-13-17(24-7-3-6-21-19(24)22-13)18(25)23-8-9-26-16(12-23)11-14-4-2-5-15(20)10-14/h2-7,10,16H,8-9,11-12H2,1H3. The molecule has 0 radical (unpaired) electrons. The Morgan fingerprint density at radius 1 is 1.38 bits per heavy atom. The van der Waals surface area contributed by atoms with E-state index in [0.717, 1.165) is 5.56 Å². The van der Waals surface area contributed by atoms with Gasteiger partial charge < -0.3 is 9.64 Å². The van der Waals surface area contributed by atoms with Gasteiger partial charge in [0.1, 0.15) is 11.5 Å². The number of rotatable bonds is 3. The zero-order chi connectivity index (χ0) is 18.1. The summed E-state index contributed by atoms with van der Waals surface area (Å²) in [4.78, 5) is 23.4. The van der Waals surface area contributed by atoms with E-state index in [1.54, 1.807) is 33.8 Å². The van der Waals surface area contributed by atoms with E-state index >= 15 is 0 Å². The molecule has 0 aliphatic carbocycles. The molecule has 1 fully saturated rings. The van der Waals surface area contributed by atoms with Gasteiger partial charge in [-0.1, -0.05) is 12.1 Å². The van der Waals surface area contributed by atoms with Crippen LogP contribution in [-0.4, -0.2) is 51.0 Å². The van der Waals surface area contributed by atoms with Gasteiger partial charge in [-0.25, -0.2) is 14.4 Å². The number of hydrogen-bond donors (Lipinski definition) is 0. The number of hydrogen-bond acceptors (Lipinski definition) is 4. The average Bonchev–Trinajstić information content (AvgIpc) is 2.97. The summed E-state index contributed by atoms with van der Waals surface area (Å²) in [6, 6.07) is 8.25.